The van der Waals surface area contributed by atoms with E-state index in [0.717, 1.165) is 23.7 Å². The van der Waals surface area contributed by atoms with Crippen LogP contribution >= 0.6 is 0 Å². The highest BCUT2D eigenvalue weighted by Gasteiger charge is 2.55. The van der Waals surface area contributed by atoms with E-state index in [2.05, 4.69) is 25.8 Å². The molecule has 2 atom stereocenters. The highest BCUT2D eigenvalue weighted by Crippen LogP contribution is 2.41. The van der Waals surface area contributed by atoms with Crippen molar-refractivity contribution in [3.8, 4) is 0 Å². The van der Waals surface area contributed by atoms with Gasteiger partial charge in [0.05, 0.1) is 0 Å². The van der Waals surface area contributed by atoms with E-state index in [4.69, 9.17) is 9.16 Å². The molecule has 1 aliphatic rings. The summed E-state index contributed by atoms with van der Waals surface area (Å²) in [4.78, 5) is 30.6. The molecule has 26 heavy (non-hydrogen) atoms. The molecule has 2 rings (SSSR count). The van der Waals surface area contributed by atoms with Crippen molar-refractivity contribution in [1.82, 2.24) is 9.88 Å². The van der Waals surface area contributed by atoms with Gasteiger partial charge >= 0.3 is 6.09 Å². The van der Waals surface area contributed by atoms with E-state index in [1.807, 2.05) is 12.1 Å². The first-order valence-electron chi connectivity index (χ1n) is 9.31. The molecule has 0 bridgehead atoms. The van der Waals surface area contributed by atoms with Gasteiger partial charge in [-0.3, -0.25) is 9.78 Å². The van der Waals surface area contributed by atoms with Crippen LogP contribution in [0.2, 0.25) is 18.1 Å². The van der Waals surface area contributed by atoms with E-state index < -0.39 is 32.2 Å². The molecular formula is C19H30N2O4Si. The molecule has 1 aliphatic heterocycles. The zero-order valence-corrected chi connectivity index (χ0v) is 17.6. The summed E-state index contributed by atoms with van der Waals surface area (Å²) in [6.07, 6.45) is 2.07. The molecule has 0 spiro atoms. The van der Waals surface area contributed by atoms with E-state index in [0.29, 0.717) is 0 Å². The largest absolute Gasteiger partial charge is 0.443 e. The van der Waals surface area contributed by atoms with E-state index in [1.165, 1.54) is 4.90 Å². The third-order valence-electron chi connectivity index (χ3n) is 4.99. The zero-order valence-electron chi connectivity index (χ0n) is 16.6. The summed E-state index contributed by atoms with van der Waals surface area (Å²) in [5.41, 5.74) is 0.169. The van der Waals surface area contributed by atoms with Crippen molar-refractivity contribution in [1.29, 1.82) is 0 Å². The zero-order chi connectivity index (χ0) is 19.5. The number of hydrogen-bond acceptors (Lipinski definition) is 5. The molecule has 0 radical (unpaired) electrons. The topological polar surface area (TPSA) is 68.7 Å². The van der Waals surface area contributed by atoms with Gasteiger partial charge in [0.1, 0.15) is 11.6 Å². The molecule has 1 aromatic rings. The summed E-state index contributed by atoms with van der Waals surface area (Å²) in [5, 5.41) is 0. The minimum Gasteiger partial charge on any atom is -0.443 e. The lowest BCUT2D eigenvalue weighted by Crippen LogP contribution is -2.65. The van der Waals surface area contributed by atoms with E-state index in [-0.39, 0.29) is 5.91 Å². The lowest BCUT2D eigenvalue weighted by atomic mass is 9.92. The number of aromatic nitrogens is 1. The standard InChI is InChI=1S/C19H30N2O4Si/c1-7-26(8-2,9-3)25-16-15(14-10-12-20-13-11-14)21(17(16)22)18(23)24-19(4,5)6/h10-13,15-16H,7-9H2,1-6H3/t15-,16+/m1/s1. The summed E-state index contributed by atoms with van der Waals surface area (Å²) in [6.45, 7) is 11.7. The number of amides is 2. The van der Waals surface area contributed by atoms with Crippen LogP contribution in [0.1, 0.15) is 53.1 Å². The van der Waals surface area contributed by atoms with E-state index >= 15 is 0 Å². The summed E-state index contributed by atoms with van der Waals surface area (Å²) >= 11 is 0. The summed E-state index contributed by atoms with van der Waals surface area (Å²) < 4.78 is 11.9. The lowest BCUT2D eigenvalue weighted by Gasteiger charge is -2.48. The fourth-order valence-electron chi connectivity index (χ4n) is 3.25. The number of carbonyl (C=O) groups is 2. The van der Waals surface area contributed by atoms with Crippen LogP contribution in [0.3, 0.4) is 0 Å². The molecule has 6 nitrogen and oxygen atoms in total. The Balaban J connectivity index is 2.32. The minimum absolute atomic E-state index is 0.312. The number of ether oxygens (including phenoxy) is 1. The average Bonchev–Trinajstić information content (AvgIpc) is 2.60. The Labute approximate surface area is 157 Å². The minimum atomic E-state index is -1.99. The summed E-state index contributed by atoms with van der Waals surface area (Å²) in [5.74, 6) is -0.312. The van der Waals surface area contributed by atoms with Crippen LogP contribution < -0.4 is 0 Å². The molecule has 2 heterocycles. The number of likely N-dealkylation sites (tertiary alicyclic amines) is 1. The molecular weight excluding hydrogens is 348 g/mol. The number of carbonyl (C=O) groups excluding carboxylic acids is 2. The molecule has 0 unspecified atom stereocenters. The molecule has 1 fully saturated rings. The summed E-state index contributed by atoms with van der Waals surface area (Å²) in [7, 11) is -1.99. The molecule has 144 valence electrons. The van der Waals surface area contributed by atoms with Gasteiger partial charge < -0.3 is 9.16 Å². The van der Waals surface area contributed by atoms with Crippen molar-refractivity contribution in [3.63, 3.8) is 0 Å². The Morgan fingerprint density at radius 2 is 1.69 bits per heavy atom. The van der Waals surface area contributed by atoms with Crippen molar-refractivity contribution in [3.05, 3.63) is 30.1 Å². The van der Waals surface area contributed by atoms with Crippen LogP contribution in [-0.4, -0.2) is 41.9 Å². The molecule has 7 heteroatoms. The van der Waals surface area contributed by atoms with Crippen molar-refractivity contribution in [2.45, 2.75) is 77.4 Å². The number of β-lactam (4-membered cyclic amide) rings is 1. The van der Waals surface area contributed by atoms with Crippen LogP contribution in [0, 0.1) is 0 Å². The second kappa shape index (κ2) is 7.88. The molecule has 0 saturated carbocycles. The monoisotopic (exact) mass is 378 g/mol. The SMILES string of the molecule is CC[Si](CC)(CC)O[C@@H]1C(=O)N(C(=O)OC(C)(C)C)[C@@H]1c1ccncc1. The van der Waals surface area contributed by atoms with Crippen LogP contribution in [0.4, 0.5) is 4.79 Å². The molecule has 2 amide bonds. The Morgan fingerprint density at radius 1 is 1.15 bits per heavy atom. The maximum absolute atomic E-state index is 12.8. The fraction of sp³-hybridized carbons (Fsp3) is 0.632. The second-order valence-corrected chi connectivity index (χ2v) is 12.4. The number of hydrogen-bond donors (Lipinski definition) is 0. The smallest absolute Gasteiger partial charge is 0.417 e. The Bertz CT molecular complexity index is 632. The van der Waals surface area contributed by atoms with Gasteiger partial charge in [-0.25, -0.2) is 9.69 Å². The number of nitrogens with zero attached hydrogens (tertiary/aromatic N) is 2. The molecule has 0 aliphatic carbocycles. The van der Waals surface area contributed by atoms with Gasteiger partial charge in [0.25, 0.3) is 5.91 Å². The van der Waals surface area contributed by atoms with Crippen LogP contribution in [0.5, 0.6) is 0 Å². The molecule has 0 aromatic carbocycles. The lowest BCUT2D eigenvalue weighted by molar-refractivity contribution is -0.162. The third kappa shape index (κ3) is 4.15. The molecule has 1 aromatic heterocycles. The molecule has 0 N–H and O–H groups in total. The molecule has 1 saturated heterocycles. The Kier molecular flexibility index (Phi) is 6.23. The maximum atomic E-state index is 12.8. The maximum Gasteiger partial charge on any atom is 0.417 e. The quantitative estimate of drug-likeness (QED) is 0.545. The van der Waals surface area contributed by atoms with Gasteiger partial charge in [0, 0.05) is 12.4 Å². The van der Waals surface area contributed by atoms with Gasteiger partial charge in [-0.2, -0.15) is 0 Å². The average molecular weight is 379 g/mol. The first-order chi connectivity index (χ1) is 12.2. The van der Waals surface area contributed by atoms with Crippen LogP contribution in [0.25, 0.3) is 0 Å². The third-order valence-corrected chi connectivity index (χ3v) is 9.61. The van der Waals surface area contributed by atoms with E-state index in [9.17, 15) is 9.59 Å². The number of imide groups is 1. The first-order valence-corrected chi connectivity index (χ1v) is 11.8. The van der Waals surface area contributed by atoms with Crippen molar-refractivity contribution in [2.75, 3.05) is 0 Å². The first kappa shape index (κ1) is 20.6. The highest BCUT2D eigenvalue weighted by atomic mass is 28.4. The van der Waals surface area contributed by atoms with Crippen molar-refractivity contribution < 1.29 is 18.8 Å². The predicted octanol–water partition coefficient (Wildman–Crippen LogP) is 4.29. The number of rotatable bonds is 6. The van der Waals surface area contributed by atoms with Gasteiger partial charge in [0.2, 0.25) is 0 Å². The van der Waals surface area contributed by atoms with Gasteiger partial charge in [0.15, 0.2) is 14.4 Å². The van der Waals surface area contributed by atoms with Crippen LogP contribution in [0.15, 0.2) is 24.5 Å². The normalized spacial score (nSPS) is 20.7. The fourth-order valence-corrected chi connectivity index (χ4v) is 6.01. The van der Waals surface area contributed by atoms with Crippen LogP contribution in [-0.2, 0) is 14.0 Å². The van der Waals surface area contributed by atoms with Gasteiger partial charge in [-0.05, 0) is 56.6 Å². The van der Waals surface area contributed by atoms with Crippen molar-refractivity contribution >= 4 is 20.3 Å². The number of pyridine rings is 1. The Morgan fingerprint density at radius 3 is 2.15 bits per heavy atom. The van der Waals surface area contributed by atoms with E-state index in [1.54, 1.807) is 33.2 Å². The highest BCUT2D eigenvalue weighted by molar-refractivity contribution is 6.73. The predicted molar refractivity (Wildman–Crippen MR) is 102 cm³/mol. The van der Waals surface area contributed by atoms with Gasteiger partial charge in [-0.15, -0.1) is 0 Å². The van der Waals surface area contributed by atoms with Crippen molar-refractivity contribution in [2.24, 2.45) is 0 Å². The summed E-state index contributed by atoms with van der Waals surface area (Å²) in [6, 6.07) is 6.00. The second-order valence-electron chi connectivity index (χ2n) is 7.70. The Hall–Kier alpha value is -1.73. The van der Waals surface area contributed by atoms with Gasteiger partial charge in [-0.1, -0.05) is 20.8 Å².